The van der Waals surface area contributed by atoms with E-state index in [0.717, 1.165) is 55.7 Å². The van der Waals surface area contributed by atoms with E-state index in [2.05, 4.69) is 52.9 Å². The van der Waals surface area contributed by atoms with E-state index in [-0.39, 0.29) is 5.75 Å². The second-order valence-corrected chi connectivity index (χ2v) is 10.5. The van der Waals surface area contributed by atoms with Crippen LogP contribution in [-0.4, -0.2) is 56.6 Å². The quantitative estimate of drug-likeness (QED) is 0.287. The lowest BCUT2D eigenvalue weighted by molar-refractivity contribution is 0.166. The van der Waals surface area contributed by atoms with E-state index in [1.54, 1.807) is 6.07 Å². The Morgan fingerprint density at radius 2 is 1.95 bits per heavy atom. The van der Waals surface area contributed by atoms with Gasteiger partial charge in [-0.05, 0) is 74.1 Å². The number of likely N-dealkylation sites (tertiary alicyclic amines) is 1. The van der Waals surface area contributed by atoms with E-state index in [4.69, 9.17) is 9.26 Å². The molecule has 1 aliphatic rings. The molecule has 1 atom stereocenters. The molecule has 1 aromatic carbocycles. The first kappa shape index (κ1) is 25.3. The molecule has 8 nitrogen and oxygen atoms in total. The average Bonchev–Trinajstić information content (AvgIpc) is 3.49. The lowest BCUT2D eigenvalue weighted by Crippen LogP contribution is -2.36. The maximum Gasteiger partial charge on any atom is 0.254 e. The van der Waals surface area contributed by atoms with Crippen molar-refractivity contribution in [1.29, 1.82) is 0 Å². The molecular formula is C29H37N5O3. The molecule has 0 amide bonds. The van der Waals surface area contributed by atoms with Crippen LogP contribution in [0, 0.1) is 12.8 Å². The van der Waals surface area contributed by atoms with Crippen LogP contribution in [0.25, 0.3) is 22.3 Å². The highest BCUT2D eigenvalue weighted by atomic mass is 16.5. The number of H-pyrrole nitrogens is 1. The monoisotopic (exact) mass is 503 g/mol. The zero-order chi connectivity index (χ0) is 25.9. The summed E-state index contributed by atoms with van der Waals surface area (Å²) in [6.45, 7) is 12.3. The highest BCUT2D eigenvalue weighted by molar-refractivity contribution is 5.85. The van der Waals surface area contributed by atoms with Gasteiger partial charge in [-0.2, -0.15) is 0 Å². The normalized spacial score (nSPS) is 16.0. The average molecular weight is 504 g/mol. The predicted octanol–water partition coefficient (Wildman–Crippen LogP) is 6.03. The molecule has 37 heavy (non-hydrogen) atoms. The minimum Gasteiger partial charge on any atom is -0.507 e. The first-order valence-corrected chi connectivity index (χ1v) is 13.4. The number of nitrogens with zero attached hydrogens (tertiary/aromatic N) is 4. The number of phenolic OH excluding ortho intramolecular Hbond substituents is 1. The van der Waals surface area contributed by atoms with Crippen LogP contribution in [0.15, 0.2) is 40.9 Å². The Labute approximate surface area is 218 Å². The van der Waals surface area contributed by atoms with Gasteiger partial charge >= 0.3 is 0 Å². The number of para-hydroxylation sites is 1. The third-order valence-electron chi connectivity index (χ3n) is 7.81. The van der Waals surface area contributed by atoms with Crippen molar-refractivity contribution in [3.63, 3.8) is 0 Å². The maximum atomic E-state index is 10.2. The predicted molar refractivity (Wildman–Crippen MR) is 144 cm³/mol. The Bertz CT molecular complexity index is 1340. The smallest absolute Gasteiger partial charge is 0.254 e. The van der Waals surface area contributed by atoms with E-state index >= 15 is 0 Å². The summed E-state index contributed by atoms with van der Waals surface area (Å²) in [6.07, 6.45) is 3.18. The van der Waals surface area contributed by atoms with Crippen LogP contribution >= 0.6 is 0 Å². The van der Waals surface area contributed by atoms with Gasteiger partial charge in [0.25, 0.3) is 5.88 Å². The lowest BCUT2D eigenvalue weighted by atomic mass is 9.91. The highest BCUT2D eigenvalue weighted by Gasteiger charge is 2.25. The number of benzene rings is 1. The summed E-state index contributed by atoms with van der Waals surface area (Å²) in [4.78, 5) is 5.99. The summed E-state index contributed by atoms with van der Waals surface area (Å²) in [6, 6.07) is 11.2. The molecule has 5 rings (SSSR count). The van der Waals surface area contributed by atoms with Crippen molar-refractivity contribution in [2.75, 3.05) is 26.2 Å². The van der Waals surface area contributed by atoms with Crippen molar-refractivity contribution in [2.45, 2.75) is 58.8 Å². The fraction of sp³-hybridized carbons (Fsp3) is 0.483. The molecule has 4 aromatic rings. The highest BCUT2D eigenvalue weighted by Crippen LogP contribution is 2.35. The van der Waals surface area contributed by atoms with Gasteiger partial charge in [0.2, 0.25) is 0 Å². The number of ether oxygens (including phenoxy) is 1. The van der Waals surface area contributed by atoms with E-state index in [9.17, 15) is 5.11 Å². The van der Waals surface area contributed by atoms with Gasteiger partial charge in [-0.3, -0.25) is 4.90 Å². The molecule has 0 bridgehead atoms. The first-order valence-electron chi connectivity index (χ1n) is 13.4. The third kappa shape index (κ3) is 5.34. The van der Waals surface area contributed by atoms with Crippen molar-refractivity contribution in [3.8, 4) is 22.9 Å². The molecule has 1 fully saturated rings. The zero-order valence-electron chi connectivity index (χ0n) is 22.2. The molecular weight excluding hydrogens is 466 g/mol. The SMILES string of the molecule is CC[C@@H](c1cc(OCCN2CCC(c3[nH]c4nnc(-c5ccccc5O)cc4c3C)CC2)no1)C(C)C. The summed E-state index contributed by atoms with van der Waals surface area (Å²) in [5, 5.41) is 24.2. The molecule has 1 saturated heterocycles. The molecule has 0 saturated carbocycles. The number of hydrogen-bond acceptors (Lipinski definition) is 7. The second kappa shape index (κ2) is 10.9. The number of aromatic nitrogens is 4. The number of nitrogens with one attached hydrogen (secondary N) is 1. The van der Waals surface area contributed by atoms with Crippen LogP contribution in [0.3, 0.4) is 0 Å². The molecule has 4 heterocycles. The largest absolute Gasteiger partial charge is 0.507 e. The van der Waals surface area contributed by atoms with Gasteiger partial charge in [-0.25, -0.2) is 0 Å². The summed E-state index contributed by atoms with van der Waals surface area (Å²) in [7, 11) is 0. The fourth-order valence-corrected chi connectivity index (χ4v) is 5.61. The van der Waals surface area contributed by atoms with Crippen LogP contribution in [0.1, 0.15) is 68.9 Å². The number of aromatic hydroxyl groups is 1. The number of hydrogen-bond donors (Lipinski definition) is 2. The first-order chi connectivity index (χ1) is 17.9. The molecule has 3 aromatic heterocycles. The Hall–Kier alpha value is -3.39. The standard InChI is InChI=1S/C29H37N5O3/c1-5-21(18(2)3)26-17-27(33-37-26)36-15-14-34-12-10-20(11-13-34)28-19(4)23-16-24(31-32-29(23)30-28)22-8-6-7-9-25(22)35/h6-9,16-18,20-21,35H,5,10-15H2,1-4H3,(H,30,32)/t21-/m1/s1. The van der Waals surface area contributed by atoms with Crippen LogP contribution in [0.4, 0.5) is 0 Å². The van der Waals surface area contributed by atoms with E-state index in [0.29, 0.717) is 41.5 Å². The summed E-state index contributed by atoms with van der Waals surface area (Å²) in [5.41, 5.74) is 4.65. The summed E-state index contributed by atoms with van der Waals surface area (Å²) >= 11 is 0. The number of fused-ring (bicyclic) bond motifs is 1. The lowest BCUT2D eigenvalue weighted by Gasteiger charge is -2.31. The third-order valence-corrected chi connectivity index (χ3v) is 7.81. The molecule has 8 heteroatoms. The molecule has 0 radical (unpaired) electrons. The molecule has 196 valence electrons. The number of aromatic amines is 1. The second-order valence-electron chi connectivity index (χ2n) is 10.5. The van der Waals surface area contributed by atoms with Gasteiger partial charge in [-0.1, -0.05) is 32.9 Å². The van der Waals surface area contributed by atoms with Crippen LogP contribution in [-0.2, 0) is 0 Å². The molecule has 0 unspecified atom stereocenters. The van der Waals surface area contributed by atoms with E-state index in [1.165, 1.54) is 11.3 Å². The van der Waals surface area contributed by atoms with Gasteiger partial charge in [0.1, 0.15) is 18.1 Å². The van der Waals surface area contributed by atoms with Gasteiger partial charge < -0.3 is 19.4 Å². The van der Waals surface area contributed by atoms with Crippen molar-refractivity contribution >= 4 is 11.0 Å². The number of piperidine rings is 1. The minimum absolute atomic E-state index is 0.214. The van der Waals surface area contributed by atoms with E-state index in [1.807, 2.05) is 30.3 Å². The zero-order valence-corrected chi connectivity index (χ0v) is 22.2. The Morgan fingerprint density at radius 1 is 1.16 bits per heavy atom. The summed E-state index contributed by atoms with van der Waals surface area (Å²) in [5.74, 6) is 3.06. The van der Waals surface area contributed by atoms with Crippen molar-refractivity contribution < 1.29 is 14.4 Å². The Kier molecular flexibility index (Phi) is 7.46. The summed E-state index contributed by atoms with van der Waals surface area (Å²) < 4.78 is 11.4. The van der Waals surface area contributed by atoms with Crippen molar-refractivity contribution in [1.82, 2.24) is 25.2 Å². The van der Waals surface area contributed by atoms with Crippen LogP contribution in [0.2, 0.25) is 0 Å². The maximum absolute atomic E-state index is 10.2. The molecule has 0 spiro atoms. The number of phenols is 1. The van der Waals surface area contributed by atoms with Gasteiger partial charge in [0.05, 0.1) is 5.69 Å². The minimum atomic E-state index is 0.214. The van der Waals surface area contributed by atoms with Crippen LogP contribution in [0.5, 0.6) is 11.6 Å². The van der Waals surface area contributed by atoms with Crippen LogP contribution < -0.4 is 4.74 Å². The van der Waals surface area contributed by atoms with Crippen molar-refractivity contribution in [2.24, 2.45) is 5.92 Å². The molecule has 0 aliphatic carbocycles. The van der Waals surface area contributed by atoms with Gasteiger partial charge in [0.15, 0.2) is 5.65 Å². The number of rotatable bonds is 9. The Balaban J connectivity index is 1.17. The van der Waals surface area contributed by atoms with Gasteiger partial charge in [0, 0.05) is 41.1 Å². The molecule has 1 aliphatic heterocycles. The topological polar surface area (TPSA) is 100 Å². The number of aryl methyl sites for hydroxylation is 1. The fourth-order valence-electron chi connectivity index (χ4n) is 5.61. The van der Waals surface area contributed by atoms with E-state index < -0.39 is 0 Å². The van der Waals surface area contributed by atoms with Gasteiger partial charge in [-0.15, -0.1) is 10.2 Å². The molecule has 2 N–H and O–H groups in total. The van der Waals surface area contributed by atoms with Crippen molar-refractivity contribution in [3.05, 3.63) is 53.4 Å². The Morgan fingerprint density at radius 3 is 2.68 bits per heavy atom.